The number of anilines is 2. The van der Waals surface area contributed by atoms with Gasteiger partial charge < -0.3 is 108 Å². The van der Waals surface area contributed by atoms with Crippen LogP contribution in [-0.2, 0) is 110 Å². The number of esters is 1. The van der Waals surface area contributed by atoms with E-state index in [1.165, 1.54) is 23.9 Å². The Balaban J connectivity index is 0.562. The molecule has 4 aliphatic heterocycles. The van der Waals surface area contributed by atoms with Gasteiger partial charge in [-0.25, -0.2) is 24.2 Å². The molecule has 0 radical (unpaired) electrons. The van der Waals surface area contributed by atoms with E-state index >= 15 is 0 Å². The molecular weight excluding hydrogens is 1670 g/mol. The van der Waals surface area contributed by atoms with Gasteiger partial charge in [0.1, 0.15) is 53.8 Å². The number of carbonyl (C=O) groups excluding carboxylic acids is 6. The zero-order valence-electron chi connectivity index (χ0n) is 76.5. The molecular formula is C93H135N13O23. The third-order valence-electron chi connectivity index (χ3n) is 24.9. The van der Waals surface area contributed by atoms with Crippen LogP contribution in [0.5, 0.6) is 0 Å². The fourth-order valence-corrected chi connectivity index (χ4v) is 17.5. The summed E-state index contributed by atoms with van der Waals surface area (Å²) in [7, 11) is 4.51. The van der Waals surface area contributed by atoms with Gasteiger partial charge >= 0.3 is 12.1 Å². The van der Waals surface area contributed by atoms with Gasteiger partial charge in [-0.2, -0.15) is 10.1 Å². The third kappa shape index (κ3) is 29.9. The summed E-state index contributed by atoms with van der Waals surface area (Å²) in [6.45, 7) is 20.4. The van der Waals surface area contributed by atoms with Crippen molar-refractivity contribution in [3.05, 3.63) is 117 Å². The molecule has 0 spiro atoms. The number of fused-ring (bicyclic) bond motifs is 6. The molecule has 3 aromatic heterocycles. The van der Waals surface area contributed by atoms with Crippen LogP contribution in [0.15, 0.2) is 99.9 Å². The molecule has 710 valence electrons. The summed E-state index contributed by atoms with van der Waals surface area (Å²) >= 11 is 0. The normalized spacial score (nSPS) is 27.2. The Hall–Kier alpha value is -9.21. The number of alkyl carbamates (subject to hydrolysis) is 1. The molecule has 1 unspecified atom stereocenters. The number of azide groups is 1. The number of benzene rings is 2. The van der Waals surface area contributed by atoms with Gasteiger partial charge in [0.15, 0.2) is 17.0 Å². The molecule has 3 fully saturated rings. The fourth-order valence-electron chi connectivity index (χ4n) is 17.5. The smallest absolute Gasteiger partial charge is 0.407 e. The van der Waals surface area contributed by atoms with Crippen LogP contribution in [0, 0.1) is 35.5 Å². The van der Waals surface area contributed by atoms with Gasteiger partial charge in [-0.15, -0.1) is 0 Å². The predicted molar refractivity (Wildman–Crippen MR) is 478 cm³/mol. The number of Topliss-reactive ketones (excluding diaryl/α,β-unsaturated/α-hetero) is 2. The van der Waals surface area contributed by atoms with Crippen LogP contribution in [-0.4, -0.2) is 287 Å². The number of allylic oxidation sites excluding steroid dienone is 5. The number of ketones is 2. The van der Waals surface area contributed by atoms with Crippen molar-refractivity contribution in [1.82, 2.24) is 39.8 Å². The van der Waals surface area contributed by atoms with Crippen LogP contribution in [0.4, 0.5) is 16.6 Å². The van der Waals surface area contributed by atoms with Gasteiger partial charge in [-0.1, -0.05) is 94.4 Å². The third-order valence-corrected chi connectivity index (χ3v) is 24.9. The molecule has 3 amide bonds. The SMILES string of the molecule is COC1C[C@@H]2CC[C@@H](C)[C@@](O)(O2)C(=O)C(=O)N2CCCC[C@H]2C(=O)O[C@H]([C@H](C)C[C@@H]2CC[C@@H](OC(=O)NCCOCCOCCOCCOCCOCCOCCOCCOCCC(=O)N3CCc4cc(Cn5nc(-c6ccc7oc(N)nc7c6)c6c(N)ncnc65)ccc4C3)[C@H](OC)C2)C[C@H](N=[N+]=[N-])[C@H](C)/C=C(\C)[C@@H](O)[C@@H](OC)C(=O)[C@H](C)C[C@H](C)/C=C/C=C/C=C/1C. The molecule has 7 heterocycles. The minimum absolute atomic E-state index is 0.00678. The minimum atomic E-state index is -2.49. The average Bonchev–Trinajstić information content (AvgIpc) is 1.59. The quantitative estimate of drug-likeness (QED) is 0.00466. The number of nitrogens with one attached hydrogen (secondary N) is 1. The molecule has 16 atom stereocenters. The molecule has 5 aliphatic rings. The number of methoxy groups -OCH3 is 3. The van der Waals surface area contributed by atoms with E-state index in [4.69, 9.17) is 87.3 Å². The summed E-state index contributed by atoms with van der Waals surface area (Å²) in [4.78, 5) is 104. The first kappa shape index (κ1) is 102. The second kappa shape index (κ2) is 52.1. The number of rotatable bonds is 38. The lowest BCUT2D eigenvalue weighted by molar-refractivity contribution is -0.265. The van der Waals surface area contributed by atoms with Gasteiger partial charge in [0, 0.05) is 82.3 Å². The summed E-state index contributed by atoms with van der Waals surface area (Å²) in [6.07, 6.45) is 12.3. The average molecular weight is 1800 g/mol. The lowest BCUT2D eigenvalue weighted by Gasteiger charge is -2.43. The van der Waals surface area contributed by atoms with Crippen molar-refractivity contribution in [1.29, 1.82) is 0 Å². The molecule has 129 heavy (non-hydrogen) atoms. The van der Waals surface area contributed by atoms with Crippen molar-refractivity contribution in [3.63, 3.8) is 0 Å². The standard InChI is InChI=1S/C93H135N13O23/c1-59-16-12-11-13-17-60(2)77(115-8)54-71-24-19-65(7)93(114,129-71)86(110)89(111)105-30-15-14-18-74(105)90(112)126-78(55-72(101-103-96)61(3)49-64(6)84(109)85(117-10)83(108)63(5)48-59)62(4)50-66-21-25-76(79(52-66)116-9)128-92(113)97-29-33-119-35-37-121-39-41-123-43-45-125-47-46-124-44-42-122-40-38-120-36-34-118-32-28-80(107)104-31-27-68-51-67(20-22-70(68)57-104)56-106-88-81(87(94)98-58-99-88)82(102-106)69-23-26-75-73(53-69)100-91(95)127-75/h11-13,16-17,20,22-23,26,49,51,53,58-59,61-63,65-66,71-72,74,76-79,84-85,109,114H,14-15,18-19,21,24-25,27-48,50,52,54-57H2,1-10H3,(H2,95,100)(H,97,113)(H2,94,98,99)/b13-11+,16-12+,60-17+,64-49+/t59-,61-,62-,63-,65-,66+,71+,72+,74+,76-,77?,78+,79-,84-,85+,93-/m1/s1. The van der Waals surface area contributed by atoms with Crippen molar-refractivity contribution in [2.45, 2.75) is 212 Å². The van der Waals surface area contributed by atoms with Crippen LogP contribution < -0.4 is 16.8 Å². The number of ether oxygens (including phenoxy) is 14. The van der Waals surface area contributed by atoms with E-state index in [1.54, 1.807) is 40.2 Å². The first-order valence-corrected chi connectivity index (χ1v) is 45.4. The Morgan fingerprint density at radius 2 is 1.42 bits per heavy atom. The number of nitrogen functional groups attached to an aromatic ring is 2. The Bertz CT molecular complexity index is 4610. The second-order valence-electron chi connectivity index (χ2n) is 34.3. The van der Waals surface area contributed by atoms with Gasteiger partial charge in [-0.3, -0.25) is 19.2 Å². The highest BCUT2D eigenvalue weighted by Gasteiger charge is 2.53. The molecule has 2 saturated heterocycles. The van der Waals surface area contributed by atoms with Crippen molar-refractivity contribution >= 4 is 69.4 Å². The van der Waals surface area contributed by atoms with Gasteiger partial charge in [0.05, 0.1) is 142 Å². The monoisotopic (exact) mass is 1800 g/mol. The molecule has 2 bridgehead atoms. The number of aromatic nitrogens is 5. The van der Waals surface area contributed by atoms with Crippen LogP contribution in [0.3, 0.4) is 0 Å². The van der Waals surface area contributed by atoms with Crippen LogP contribution in [0.1, 0.15) is 149 Å². The minimum Gasteiger partial charge on any atom is -0.461 e. The van der Waals surface area contributed by atoms with E-state index in [0.29, 0.717) is 216 Å². The number of aliphatic hydroxyl groups excluding tert-OH is 1. The number of hydrogen-bond donors (Lipinski definition) is 5. The molecule has 1 aliphatic carbocycles. The number of nitrogens with two attached hydrogens (primary N) is 2. The maximum atomic E-state index is 14.9. The van der Waals surface area contributed by atoms with Crippen molar-refractivity contribution in [2.24, 2.45) is 40.6 Å². The van der Waals surface area contributed by atoms with E-state index in [-0.39, 0.29) is 74.9 Å². The molecule has 2 aromatic carbocycles. The van der Waals surface area contributed by atoms with E-state index in [0.717, 1.165) is 28.7 Å². The highest BCUT2D eigenvalue weighted by molar-refractivity contribution is 6.39. The highest BCUT2D eigenvalue weighted by atomic mass is 16.6. The predicted octanol–water partition coefficient (Wildman–Crippen LogP) is 10.3. The number of carbonyl (C=O) groups is 6. The number of piperidine rings is 1. The largest absolute Gasteiger partial charge is 0.461 e. The summed E-state index contributed by atoms with van der Waals surface area (Å²) in [5.41, 5.74) is 30.1. The number of amides is 3. The molecule has 7 N–H and O–H groups in total. The Morgan fingerprint density at radius 1 is 0.736 bits per heavy atom. The summed E-state index contributed by atoms with van der Waals surface area (Å²) in [6, 6.07) is 9.85. The van der Waals surface area contributed by atoms with Gasteiger partial charge in [-0.05, 0) is 166 Å². The molecule has 5 aromatic rings. The van der Waals surface area contributed by atoms with Crippen LogP contribution in [0.25, 0.3) is 43.8 Å². The maximum Gasteiger partial charge on any atom is 0.407 e. The zero-order valence-corrected chi connectivity index (χ0v) is 76.5. The lowest BCUT2D eigenvalue weighted by atomic mass is 9.78. The van der Waals surface area contributed by atoms with Crippen molar-refractivity contribution in [2.75, 3.05) is 158 Å². The number of cyclic esters (lactones) is 1. The zero-order chi connectivity index (χ0) is 92.4. The van der Waals surface area contributed by atoms with Crippen LogP contribution in [0.2, 0.25) is 0 Å². The highest BCUT2D eigenvalue weighted by Crippen LogP contribution is 2.40. The maximum absolute atomic E-state index is 14.9. The van der Waals surface area contributed by atoms with Gasteiger partial charge in [0.25, 0.3) is 17.7 Å². The van der Waals surface area contributed by atoms with E-state index in [2.05, 4.69) is 48.5 Å². The second-order valence-corrected chi connectivity index (χ2v) is 34.3. The molecule has 10 rings (SSSR count). The molecule has 36 heteroatoms. The van der Waals surface area contributed by atoms with Crippen LogP contribution >= 0.6 is 0 Å². The first-order chi connectivity index (χ1) is 62.3. The number of aliphatic hydroxyl groups is 2. The summed E-state index contributed by atoms with van der Waals surface area (Å²) in [5, 5.41) is 36.5. The van der Waals surface area contributed by atoms with E-state index < -0.39 is 108 Å². The Morgan fingerprint density at radius 3 is 2.09 bits per heavy atom. The number of nitrogens with zero attached hydrogens (tertiary/aromatic N) is 10. The lowest BCUT2D eigenvalue weighted by Crippen LogP contribution is -2.61. The fraction of sp³-hybridized carbons (Fsp3) is 0.656. The van der Waals surface area contributed by atoms with E-state index in [9.17, 15) is 44.5 Å². The molecule has 1 saturated carbocycles. The van der Waals surface area contributed by atoms with E-state index in [1.807, 2.05) is 86.7 Å². The first-order valence-electron chi connectivity index (χ1n) is 45.4. The summed E-state index contributed by atoms with van der Waals surface area (Å²) in [5.74, 6) is -7.67. The molecule has 36 nitrogen and oxygen atoms in total. The Kier molecular flexibility index (Phi) is 41.2. The van der Waals surface area contributed by atoms with Gasteiger partial charge in [0.2, 0.25) is 11.7 Å². The van der Waals surface area contributed by atoms with Crippen molar-refractivity contribution in [3.8, 4) is 11.3 Å². The number of hydrogen-bond acceptors (Lipinski definition) is 30. The Labute approximate surface area is 755 Å². The van der Waals surface area contributed by atoms with Crippen molar-refractivity contribution < 1.29 is 110 Å². The topological polar surface area (TPSA) is 461 Å². The number of oxazole rings is 1. The summed E-state index contributed by atoms with van der Waals surface area (Å²) < 4.78 is 88.6.